The van der Waals surface area contributed by atoms with Gasteiger partial charge in [0.2, 0.25) is 0 Å². The molecule has 3 aromatic rings. The van der Waals surface area contributed by atoms with Crippen molar-refractivity contribution in [1.29, 1.82) is 0 Å². The molecular formula is C25H21O2P. The van der Waals surface area contributed by atoms with Crippen LogP contribution in [0.25, 0.3) is 11.1 Å². The van der Waals surface area contributed by atoms with Crippen LogP contribution in [0.2, 0.25) is 0 Å². The van der Waals surface area contributed by atoms with E-state index in [-0.39, 0.29) is 11.2 Å². The summed E-state index contributed by atoms with van der Waals surface area (Å²) < 4.78 is 0. The first-order valence-electron chi connectivity index (χ1n) is 9.20. The van der Waals surface area contributed by atoms with Crippen LogP contribution in [0.3, 0.4) is 0 Å². The first-order chi connectivity index (χ1) is 13.6. The van der Waals surface area contributed by atoms with Crippen LogP contribution in [0.15, 0.2) is 96.6 Å². The first kappa shape index (κ1) is 18.4. The van der Waals surface area contributed by atoms with Crippen LogP contribution in [0.4, 0.5) is 0 Å². The number of rotatable bonds is 4. The fourth-order valence-corrected chi connectivity index (χ4v) is 4.42. The van der Waals surface area contributed by atoms with Gasteiger partial charge in [0.15, 0.2) is 0 Å². The molecule has 0 aliphatic heterocycles. The largest absolute Gasteiger partial charge is 0.508 e. The number of aliphatic hydroxyl groups excluding tert-OH is 1. The minimum atomic E-state index is -0.534. The number of aliphatic hydroxyl groups is 1. The zero-order valence-electron chi connectivity index (χ0n) is 15.6. The van der Waals surface area contributed by atoms with E-state index in [0.29, 0.717) is 0 Å². The van der Waals surface area contributed by atoms with Crippen LogP contribution in [-0.2, 0) is 5.41 Å². The summed E-state index contributed by atoms with van der Waals surface area (Å²) in [6.07, 6.45) is 5.67. The smallest absolute Gasteiger partial charge is 0.115 e. The Bertz CT molecular complexity index is 1060. The molecular weight excluding hydrogens is 363 g/mol. The number of fused-ring (bicyclic) bond motifs is 3. The molecule has 4 rings (SSSR count). The van der Waals surface area contributed by atoms with E-state index in [1.165, 1.54) is 22.3 Å². The standard InChI is InChI=1S/C25H21O2P/c1-2-17(13-16-24(27)28)25(18-11-14-19(26)15-12-18)22-9-5-3-7-20(22)21-8-4-6-10-23(21)25/h2-16,26-28H,1H3/b16-13-,17-2+. The third-order valence-corrected chi connectivity index (χ3v) is 5.58. The van der Waals surface area contributed by atoms with Crippen molar-refractivity contribution in [2.45, 2.75) is 12.3 Å². The van der Waals surface area contributed by atoms with Crippen molar-refractivity contribution < 1.29 is 10.2 Å². The molecule has 0 atom stereocenters. The predicted molar refractivity (Wildman–Crippen MR) is 118 cm³/mol. The summed E-state index contributed by atoms with van der Waals surface area (Å²) in [6, 6.07) is 24.3. The number of phenolic OH excluding ortho intramolecular Hbond substituents is 1. The van der Waals surface area contributed by atoms with Gasteiger partial charge in [-0.1, -0.05) is 81.7 Å². The zero-order valence-corrected chi connectivity index (χ0v) is 16.6. The number of phenols is 1. The van der Waals surface area contributed by atoms with Crippen molar-refractivity contribution >= 4 is 14.3 Å². The van der Waals surface area contributed by atoms with Gasteiger partial charge in [0.05, 0.1) is 10.9 Å². The molecule has 0 heterocycles. The Morgan fingerprint density at radius 3 is 1.86 bits per heavy atom. The third-order valence-electron chi connectivity index (χ3n) is 5.42. The molecule has 0 unspecified atom stereocenters. The Morgan fingerprint density at radius 2 is 1.36 bits per heavy atom. The number of hydrogen-bond acceptors (Lipinski definition) is 1. The fraction of sp³-hybridized carbons (Fsp3) is 0.0800. The highest BCUT2D eigenvalue weighted by atomic mass is 31.0. The highest BCUT2D eigenvalue weighted by Gasteiger charge is 2.46. The van der Waals surface area contributed by atoms with E-state index in [1.54, 1.807) is 18.2 Å². The number of allylic oxidation sites excluding steroid dienone is 3. The molecule has 0 spiro atoms. The topological polar surface area (TPSA) is 40.5 Å². The van der Waals surface area contributed by atoms with Gasteiger partial charge in [0.1, 0.15) is 5.75 Å². The molecule has 3 aromatic carbocycles. The van der Waals surface area contributed by atoms with Crippen LogP contribution in [0.5, 0.6) is 5.75 Å². The molecule has 0 aromatic heterocycles. The molecule has 2 nitrogen and oxygen atoms in total. The summed E-state index contributed by atoms with van der Waals surface area (Å²) in [6.45, 7) is 2.01. The summed E-state index contributed by atoms with van der Waals surface area (Å²) in [5, 5.41) is 19.6. The Morgan fingerprint density at radius 1 is 0.821 bits per heavy atom. The lowest BCUT2D eigenvalue weighted by Crippen LogP contribution is -2.29. The first-order valence-corrected chi connectivity index (χ1v) is 9.70. The minimum absolute atomic E-state index is 0.0692. The molecule has 28 heavy (non-hydrogen) atoms. The molecule has 0 saturated carbocycles. The summed E-state index contributed by atoms with van der Waals surface area (Å²) in [7, 11) is 3.17. The number of aromatic hydroxyl groups is 1. The van der Waals surface area contributed by atoms with E-state index in [2.05, 4.69) is 63.5 Å². The van der Waals surface area contributed by atoms with Crippen LogP contribution >= 0.6 is 8.86 Å². The minimum Gasteiger partial charge on any atom is -0.508 e. The van der Waals surface area contributed by atoms with E-state index in [9.17, 15) is 10.2 Å². The van der Waals surface area contributed by atoms with Crippen molar-refractivity contribution in [2.75, 3.05) is 0 Å². The summed E-state index contributed by atoms with van der Waals surface area (Å²) in [4.78, 5) is 0. The zero-order chi connectivity index (χ0) is 19.7. The van der Waals surface area contributed by atoms with Gasteiger partial charge in [0, 0.05) is 0 Å². The second kappa shape index (κ2) is 7.24. The van der Waals surface area contributed by atoms with Gasteiger partial charge in [-0.15, -0.1) is 0 Å². The van der Waals surface area contributed by atoms with E-state index in [1.807, 2.05) is 25.1 Å². The average Bonchev–Trinajstić information content (AvgIpc) is 3.01. The summed E-state index contributed by atoms with van der Waals surface area (Å²) in [5.74, 6) is 0.238. The predicted octanol–water partition coefficient (Wildman–Crippen LogP) is 5.85. The maximum atomic E-state index is 9.87. The molecule has 0 saturated heterocycles. The Labute approximate surface area is 167 Å². The quantitative estimate of drug-likeness (QED) is 0.437. The second-order valence-corrected chi connectivity index (χ2v) is 7.36. The van der Waals surface area contributed by atoms with Crippen molar-refractivity contribution in [3.05, 3.63) is 113 Å². The van der Waals surface area contributed by atoms with Crippen molar-refractivity contribution in [2.24, 2.45) is 0 Å². The van der Waals surface area contributed by atoms with Gasteiger partial charge in [-0.25, -0.2) is 0 Å². The van der Waals surface area contributed by atoms with Crippen molar-refractivity contribution in [3.8, 4) is 16.9 Å². The summed E-state index contributed by atoms with van der Waals surface area (Å²) in [5.41, 5.74) is 6.42. The molecule has 1 aliphatic carbocycles. The van der Waals surface area contributed by atoms with Crippen LogP contribution in [0.1, 0.15) is 23.6 Å². The molecule has 0 bridgehead atoms. The normalized spacial score (nSPS) is 14.7. The van der Waals surface area contributed by atoms with E-state index >= 15 is 0 Å². The monoisotopic (exact) mass is 384 g/mol. The van der Waals surface area contributed by atoms with Gasteiger partial charge in [-0.2, -0.15) is 0 Å². The molecule has 1 aliphatic rings. The van der Waals surface area contributed by atoms with Crippen molar-refractivity contribution in [1.82, 2.24) is 0 Å². The van der Waals surface area contributed by atoms with Crippen LogP contribution in [-0.4, -0.2) is 15.7 Å². The van der Waals surface area contributed by atoms with Crippen LogP contribution < -0.4 is 0 Å². The second-order valence-electron chi connectivity index (χ2n) is 6.85. The van der Waals surface area contributed by atoms with Gasteiger partial charge >= 0.3 is 0 Å². The third kappa shape index (κ3) is 2.74. The molecule has 2 N–H and O–H groups in total. The SMILES string of the molecule is C/C=C(\C=C/C(O)=P)C1(c2ccc(O)cc2)c2ccccc2-c2ccccc21. The maximum absolute atomic E-state index is 9.87. The average molecular weight is 384 g/mol. The molecule has 0 radical (unpaired) electrons. The molecule has 0 amide bonds. The van der Waals surface area contributed by atoms with Gasteiger partial charge < -0.3 is 10.2 Å². The summed E-state index contributed by atoms with van der Waals surface area (Å²) >= 11 is 0. The van der Waals surface area contributed by atoms with Gasteiger partial charge in [-0.05, 0) is 58.5 Å². The van der Waals surface area contributed by atoms with E-state index in [0.717, 1.165) is 11.1 Å². The van der Waals surface area contributed by atoms with E-state index in [4.69, 9.17) is 0 Å². The maximum Gasteiger partial charge on any atom is 0.115 e. The highest BCUT2D eigenvalue weighted by Crippen LogP contribution is 2.56. The van der Waals surface area contributed by atoms with Crippen LogP contribution in [0, 0.1) is 0 Å². The molecule has 138 valence electrons. The number of hydrogen-bond donors (Lipinski definition) is 2. The van der Waals surface area contributed by atoms with E-state index < -0.39 is 5.41 Å². The number of benzene rings is 3. The lowest BCUT2D eigenvalue weighted by molar-refractivity contribution is 0.475. The Hall–Kier alpha value is -2.93. The lowest BCUT2D eigenvalue weighted by atomic mass is 9.67. The molecule has 3 heteroatoms. The van der Waals surface area contributed by atoms with Gasteiger partial charge in [-0.3, -0.25) is 0 Å². The molecule has 0 fully saturated rings. The lowest BCUT2D eigenvalue weighted by Gasteiger charge is -2.34. The Balaban J connectivity index is 2.13. The Kier molecular flexibility index (Phi) is 4.77. The highest BCUT2D eigenvalue weighted by molar-refractivity contribution is 7.20. The van der Waals surface area contributed by atoms with Gasteiger partial charge in [0.25, 0.3) is 0 Å². The van der Waals surface area contributed by atoms with Crippen molar-refractivity contribution in [3.63, 3.8) is 0 Å². The fourth-order valence-electron chi connectivity index (χ4n) is 4.34.